The summed E-state index contributed by atoms with van der Waals surface area (Å²) in [5, 5.41) is 68.1. The van der Waals surface area contributed by atoms with Crippen molar-refractivity contribution >= 4 is 12.6 Å². The summed E-state index contributed by atoms with van der Waals surface area (Å²) in [7, 11) is 0. The topological polar surface area (TPSA) is 196 Å². The lowest BCUT2D eigenvalue weighted by Gasteiger charge is -2.16. The Balaban J connectivity index is 0. The van der Waals surface area contributed by atoms with Gasteiger partial charge in [0.05, 0.1) is 13.2 Å². The minimum absolute atomic E-state index is 0.0869. The molecule has 0 unspecified atom stereocenters. The van der Waals surface area contributed by atoms with Gasteiger partial charge >= 0.3 is 0 Å². The molecule has 0 bridgehead atoms. The highest BCUT2D eigenvalue weighted by molar-refractivity contribution is 5.57. The SMILES string of the molecule is O=C[C@H](O)[C@@H](O)[C@@H](O)CO.O=C[C@H](O)[C@@H](O)[C@@H](O)CO. The monoisotopic (exact) mass is 300 g/mol. The van der Waals surface area contributed by atoms with Crippen LogP contribution in [0.5, 0.6) is 0 Å². The van der Waals surface area contributed by atoms with Crippen LogP contribution in [0.1, 0.15) is 0 Å². The van der Waals surface area contributed by atoms with Crippen molar-refractivity contribution in [3.8, 4) is 0 Å². The summed E-state index contributed by atoms with van der Waals surface area (Å²) in [6, 6.07) is 0. The van der Waals surface area contributed by atoms with Crippen molar-refractivity contribution in [2.45, 2.75) is 36.6 Å². The minimum atomic E-state index is -1.64. The molecule has 0 aliphatic heterocycles. The van der Waals surface area contributed by atoms with Gasteiger partial charge < -0.3 is 50.4 Å². The van der Waals surface area contributed by atoms with E-state index in [9.17, 15) is 9.59 Å². The molecule has 120 valence electrons. The molecule has 0 spiro atoms. The quantitative estimate of drug-likeness (QED) is 0.200. The lowest BCUT2D eigenvalue weighted by Crippen LogP contribution is -2.40. The van der Waals surface area contributed by atoms with Crippen molar-refractivity contribution in [1.29, 1.82) is 0 Å². The van der Waals surface area contributed by atoms with Crippen molar-refractivity contribution in [3.05, 3.63) is 0 Å². The van der Waals surface area contributed by atoms with E-state index < -0.39 is 49.8 Å². The van der Waals surface area contributed by atoms with Crippen molar-refractivity contribution in [2.24, 2.45) is 0 Å². The van der Waals surface area contributed by atoms with Crippen molar-refractivity contribution < 1.29 is 50.4 Å². The van der Waals surface area contributed by atoms with E-state index in [1.54, 1.807) is 0 Å². The number of carbonyl (C=O) groups is 2. The number of aliphatic hydroxyl groups excluding tert-OH is 8. The molecule has 0 aromatic carbocycles. The van der Waals surface area contributed by atoms with Gasteiger partial charge in [-0.1, -0.05) is 0 Å². The number of hydrogen-bond acceptors (Lipinski definition) is 10. The Bertz CT molecular complexity index is 234. The zero-order chi connectivity index (χ0) is 16.3. The highest BCUT2D eigenvalue weighted by Gasteiger charge is 2.23. The van der Waals surface area contributed by atoms with Crippen LogP contribution >= 0.6 is 0 Å². The molecular formula is C10H20O10. The lowest BCUT2D eigenvalue weighted by atomic mass is 10.1. The molecule has 0 aromatic heterocycles. The molecular weight excluding hydrogens is 280 g/mol. The maximum absolute atomic E-state index is 9.76. The molecule has 0 radical (unpaired) electrons. The summed E-state index contributed by atoms with van der Waals surface area (Å²) < 4.78 is 0. The maximum atomic E-state index is 9.76. The fraction of sp³-hybridized carbons (Fsp3) is 0.800. The minimum Gasteiger partial charge on any atom is -0.394 e. The van der Waals surface area contributed by atoms with E-state index in [0.717, 1.165) is 0 Å². The molecule has 8 N–H and O–H groups in total. The summed E-state index contributed by atoms with van der Waals surface area (Å²) in [5.74, 6) is 0. The molecule has 0 aliphatic rings. The molecule has 0 amide bonds. The number of aliphatic hydroxyl groups is 8. The van der Waals surface area contributed by atoms with Crippen LogP contribution in [0.25, 0.3) is 0 Å². The summed E-state index contributed by atoms with van der Waals surface area (Å²) in [5.41, 5.74) is 0. The Morgan fingerprint density at radius 1 is 0.650 bits per heavy atom. The van der Waals surface area contributed by atoms with Crippen LogP contribution < -0.4 is 0 Å². The van der Waals surface area contributed by atoms with E-state index in [-0.39, 0.29) is 12.6 Å². The van der Waals surface area contributed by atoms with E-state index in [0.29, 0.717) is 0 Å². The first kappa shape index (κ1) is 21.3. The van der Waals surface area contributed by atoms with Crippen molar-refractivity contribution in [3.63, 3.8) is 0 Å². The molecule has 0 heterocycles. The Morgan fingerprint density at radius 2 is 0.900 bits per heavy atom. The van der Waals surface area contributed by atoms with Crippen LogP contribution in [0.15, 0.2) is 0 Å². The second kappa shape index (κ2) is 11.8. The zero-order valence-corrected chi connectivity index (χ0v) is 10.4. The number of aldehydes is 2. The van der Waals surface area contributed by atoms with Crippen molar-refractivity contribution in [2.75, 3.05) is 13.2 Å². The highest BCUT2D eigenvalue weighted by Crippen LogP contribution is 1.97. The van der Waals surface area contributed by atoms with Crippen LogP contribution in [0.2, 0.25) is 0 Å². The molecule has 0 fully saturated rings. The maximum Gasteiger partial charge on any atom is 0.151 e. The predicted molar refractivity (Wildman–Crippen MR) is 62.3 cm³/mol. The second-order valence-corrected chi connectivity index (χ2v) is 3.73. The van der Waals surface area contributed by atoms with E-state index in [1.165, 1.54) is 0 Å². The molecule has 10 heteroatoms. The van der Waals surface area contributed by atoms with Crippen LogP contribution in [0.4, 0.5) is 0 Å². The fourth-order valence-corrected chi connectivity index (χ4v) is 0.832. The largest absolute Gasteiger partial charge is 0.394 e. The number of carbonyl (C=O) groups excluding carboxylic acids is 2. The normalized spacial score (nSPS) is 19.6. The third kappa shape index (κ3) is 8.24. The van der Waals surface area contributed by atoms with Gasteiger partial charge in [0.15, 0.2) is 12.6 Å². The fourth-order valence-electron chi connectivity index (χ4n) is 0.832. The van der Waals surface area contributed by atoms with Gasteiger partial charge in [-0.05, 0) is 0 Å². The highest BCUT2D eigenvalue weighted by atomic mass is 16.4. The third-order valence-corrected chi connectivity index (χ3v) is 2.14. The number of rotatable bonds is 8. The average molecular weight is 300 g/mol. The summed E-state index contributed by atoms with van der Waals surface area (Å²) in [6.07, 6.45) is -9.26. The summed E-state index contributed by atoms with van der Waals surface area (Å²) >= 11 is 0. The Morgan fingerprint density at radius 3 is 1.05 bits per heavy atom. The van der Waals surface area contributed by atoms with Crippen LogP contribution in [-0.4, -0.2) is 103 Å². The molecule has 6 atom stereocenters. The van der Waals surface area contributed by atoms with Gasteiger partial charge in [0.2, 0.25) is 0 Å². The standard InChI is InChI=1S/2C5H10O5/c2*6-1-3(8)5(10)4(9)2-7/h2*1,3-5,7-10H,2H2/t2*3-,4-,5+/m00/s1. The number of hydrogen-bond donors (Lipinski definition) is 8. The van der Waals surface area contributed by atoms with E-state index >= 15 is 0 Å². The Kier molecular flexibility index (Phi) is 12.6. The van der Waals surface area contributed by atoms with Gasteiger partial charge in [0.25, 0.3) is 0 Å². The van der Waals surface area contributed by atoms with Gasteiger partial charge in [0.1, 0.15) is 36.6 Å². The molecule has 0 saturated heterocycles. The first-order valence-electron chi connectivity index (χ1n) is 5.47. The summed E-state index contributed by atoms with van der Waals surface area (Å²) in [4.78, 5) is 19.5. The van der Waals surface area contributed by atoms with Crippen LogP contribution in [0.3, 0.4) is 0 Å². The van der Waals surface area contributed by atoms with Crippen molar-refractivity contribution in [1.82, 2.24) is 0 Å². The van der Waals surface area contributed by atoms with Gasteiger partial charge in [-0.3, -0.25) is 0 Å². The van der Waals surface area contributed by atoms with Crippen LogP contribution in [0, 0.1) is 0 Å². The zero-order valence-electron chi connectivity index (χ0n) is 10.4. The summed E-state index contributed by atoms with van der Waals surface area (Å²) in [6.45, 7) is -1.38. The third-order valence-electron chi connectivity index (χ3n) is 2.14. The van der Waals surface area contributed by atoms with E-state index in [2.05, 4.69) is 0 Å². The molecule has 0 aliphatic carbocycles. The van der Waals surface area contributed by atoms with Gasteiger partial charge in [-0.25, -0.2) is 0 Å². The molecule has 0 saturated carbocycles. The Labute approximate surface area is 114 Å². The molecule has 0 aromatic rings. The molecule has 10 nitrogen and oxygen atoms in total. The van der Waals surface area contributed by atoms with E-state index in [1.807, 2.05) is 0 Å². The van der Waals surface area contributed by atoms with Gasteiger partial charge in [0, 0.05) is 0 Å². The second-order valence-electron chi connectivity index (χ2n) is 3.73. The smallest absolute Gasteiger partial charge is 0.151 e. The first-order chi connectivity index (χ1) is 9.26. The predicted octanol–water partition coefficient (Wildman–Crippen LogP) is -5.48. The molecule has 0 rings (SSSR count). The average Bonchev–Trinajstić information content (AvgIpc) is 2.50. The van der Waals surface area contributed by atoms with Gasteiger partial charge in [-0.2, -0.15) is 0 Å². The Hall–Kier alpha value is -0.980. The van der Waals surface area contributed by atoms with Crippen LogP contribution in [-0.2, 0) is 9.59 Å². The van der Waals surface area contributed by atoms with E-state index in [4.69, 9.17) is 40.9 Å². The van der Waals surface area contributed by atoms with Gasteiger partial charge in [-0.15, -0.1) is 0 Å². The molecule has 20 heavy (non-hydrogen) atoms. The first-order valence-corrected chi connectivity index (χ1v) is 5.47. The lowest BCUT2D eigenvalue weighted by molar-refractivity contribution is -0.128.